The van der Waals surface area contributed by atoms with Crippen molar-refractivity contribution in [2.75, 3.05) is 11.6 Å². The number of thioether (sulfide) groups is 1. The van der Waals surface area contributed by atoms with Gasteiger partial charge in [0.05, 0.1) is 6.10 Å². The van der Waals surface area contributed by atoms with E-state index in [-0.39, 0.29) is 6.10 Å². The Bertz CT molecular complexity index is 439. The average Bonchev–Trinajstić information content (AvgIpc) is 2.37. The Morgan fingerprint density at radius 1 is 1.30 bits per heavy atom. The quantitative estimate of drug-likeness (QED) is 0.898. The molecular weight excluding hydrogens is 270 g/mol. The van der Waals surface area contributed by atoms with Crippen LogP contribution in [0, 0.1) is 6.92 Å². The molecule has 1 heterocycles. The number of hydrogen-bond acceptors (Lipinski definition) is 5. The van der Waals surface area contributed by atoms with Gasteiger partial charge in [0.2, 0.25) is 11.8 Å². The zero-order valence-electron chi connectivity index (χ0n) is 12.8. The van der Waals surface area contributed by atoms with Crippen LogP contribution in [0.15, 0.2) is 6.07 Å². The zero-order valence-corrected chi connectivity index (χ0v) is 13.7. The summed E-state index contributed by atoms with van der Waals surface area (Å²) in [5.74, 6) is 1.36. The largest absolute Gasteiger partial charge is 0.475 e. The molecule has 1 fully saturated rings. The first-order valence-electron chi connectivity index (χ1n) is 7.40. The predicted molar refractivity (Wildman–Crippen MR) is 85.7 cm³/mol. The standard InChI is InChI=1S/C15H25N3OS/c1-10(2)19-14-9-11(3)16-15(18-14)17-12-7-5-6-8-13(12)20-4/h9-10,12-13H,5-8H2,1-4H3,(H,16,17,18). The zero-order chi connectivity index (χ0) is 14.5. The van der Waals surface area contributed by atoms with Gasteiger partial charge in [-0.25, -0.2) is 4.98 Å². The summed E-state index contributed by atoms with van der Waals surface area (Å²) in [7, 11) is 0. The van der Waals surface area contributed by atoms with E-state index in [1.165, 1.54) is 25.7 Å². The van der Waals surface area contributed by atoms with Gasteiger partial charge in [0.15, 0.2) is 0 Å². The molecule has 2 rings (SSSR count). The number of nitrogens with zero attached hydrogens (tertiary/aromatic N) is 2. The molecule has 2 atom stereocenters. The highest BCUT2D eigenvalue weighted by molar-refractivity contribution is 7.99. The molecule has 1 aromatic rings. The van der Waals surface area contributed by atoms with Crippen LogP contribution >= 0.6 is 11.8 Å². The summed E-state index contributed by atoms with van der Waals surface area (Å²) < 4.78 is 5.68. The van der Waals surface area contributed by atoms with E-state index < -0.39 is 0 Å². The van der Waals surface area contributed by atoms with Crippen LogP contribution in [-0.4, -0.2) is 33.6 Å². The first kappa shape index (κ1) is 15.4. The van der Waals surface area contributed by atoms with Crippen LogP contribution < -0.4 is 10.1 Å². The van der Waals surface area contributed by atoms with Gasteiger partial charge >= 0.3 is 0 Å². The van der Waals surface area contributed by atoms with Crippen molar-refractivity contribution in [2.45, 2.75) is 63.9 Å². The minimum Gasteiger partial charge on any atom is -0.475 e. The molecule has 1 aliphatic rings. The van der Waals surface area contributed by atoms with Crippen LogP contribution in [0.2, 0.25) is 0 Å². The Morgan fingerprint density at radius 2 is 2.05 bits per heavy atom. The molecule has 0 aliphatic heterocycles. The van der Waals surface area contributed by atoms with Crippen molar-refractivity contribution < 1.29 is 4.74 Å². The molecule has 0 saturated heterocycles. The fraction of sp³-hybridized carbons (Fsp3) is 0.733. The minimum atomic E-state index is 0.130. The van der Waals surface area contributed by atoms with Gasteiger partial charge in [-0.15, -0.1) is 0 Å². The van der Waals surface area contributed by atoms with Crippen molar-refractivity contribution >= 4 is 17.7 Å². The summed E-state index contributed by atoms with van der Waals surface area (Å²) >= 11 is 1.94. The first-order valence-corrected chi connectivity index (χ1v) is 8.69. The topological polar surface area (TPSA) is 47.0 Å². The molecule has 0 amide bonds. The molecule has 1 saturated carbocycles. The Balaban J connectivity index is 2.09. The lowest BCUT2D eigenvalue weighted by Crippen LogP contribution is -2.35. The summed E-state index contributed by atoms with van der Waals surface area (Å²) in [5, 5.41) is 4.17. The monoisotopic (exact) mass is 295 g/mol. The summed E-state index contributed by atoms with van der Waals surface area (Å²) in [6.45, 7) is 6.00. The van der Waals surface area contributed by atoms with E-state index in [1.807, 2.05) is 38.6 Å². The number of aromatic nitrogens is 2. The predicted octanol–water partition coefficient (Wildman–Crippen LogP) is 3.66. The van der Waals surface area contributed by atoms with E-state index in [4.69, 9.17) is 4.74 Å². The van der Waals surface area contributed by atoms with Gasteiger partial charge in [-0.3, -0.25) is 0 Å². The number of aryl methyl sites for hydroxylation is 1. The normalized spacial score (nSPS) is 22.9. The molecule has 1 aromatic heterocycles. The Morgan fingerprint density at radius 3 is 2.75 bits per heavy atom. The number of hydrogen-bond donors (Lipinski definition) is 1. The van der Waals surface area contributed by atoms with E-state index in [0.29, 0.717) is 23.1 Å². The smallest absolute Gasteiger partial charge is 0.226 e. The number of ether oxygens (including phenoxy) is 1. The minimum absolute atomic E-state index is 0.130. The summed E-state index contributed by atoms with van der Waals surface area (Å²) in [6, 6.07) is 2.35. The molecule has 2 unspecified atom stereocenters. The lowest BCUT2D eigenvalue weighted by Gasteiger charge is -2.31. The Kier molecular flexibility index (Phi) is 5.52. The lowest BCUT2D eigenvalue weighted by atomic mass is 9.95. The molecule has 0 radical (unpaired) electrons. The van der Waals surface area contributed by atoms with Crippen molar-refractivity contribution in [1.82, 2.24) is 9.97 Å². The van der Waals surface area contributed by atoms with Crippen molar-refractivity contribution in [3.63, 3.8) is 0 Å². The molecule has 20 heavy (non-hydrogen) atoms. The maximum absolute atomic E-state index is 5.68. The van der Waals surface area contributed by atoms with Crippen molar-refractivity contribution in [2.24, 2.45) is 0 Å². The van der Waals surface area contributed by atoms with Gasteiger partial charge in [-0.1, -0.05) is 12.8 Å². The summed E-state index contributed by atoms with van der Waals surface area (Å²) in [4.78, 5) is 8.98. The van der Waals surface area contributed by atoms with Gasteiger partial charge in [0, 0.05) is 23.1 Å². The van der Waals surface area contributed by atoms with Crippen LogP contribution in [0.3, 0.4) is 0 Å². The number of anilines is 1. The van der Waals surface area contributed by atoms with Gasteiger partial charge in [0.1, 0.15) is 0 Å². The van der Waals surface area contributed by atoms with Crippen molar-refractivity contribution in [3.8, 4) is 5.88 Å². The SMILES string of the molecule is CSC1CCCCC1Nc1nc(C)cc(OC(C)C)n1. The lowest BCUT2D eigenvalue weighted by molar-refractivity contribution is 0.232. The summed E-state index contributed by atoms with van der Waals surface area (Å²) in [5.41, 5.74) is 0.940. The van der Waals surface area contributed by atoms with Crippen molar-refractivity contribution in [1.29, 1.82) is 0 Å². The maximum atomic E-state index is 5.68. The van der Waals surface area contributed by atoms with Crippen LogP contribution in [0.5, 0.6) is 5.88 Å². The van der Waals surface area contributed by atoms with E-state index in [9.17, 15) is 0 Å². The third-order valence-corrected chi connectivity index (χ3v) is 4.68. The van der Waals surface area contributed by atoms with Gasteiger partial charge in [0.25, 0.3) is 0 Å². The maximum Gasteiger partial charge on any atom is 0.226 e. The van der Waals surface area contributed by atoms with Crippen molar-refractivity contribution in [3.05, 3.63) is 11.8 Å². The second-order valence-corrected chi connectivity index (χ2v) is 6.72. The van der Waals surface area contributed by atoms with Crippen LogP contribution in [0.1, 0.15) is 45.2 Å². The molecule has 5 heteroatoms. The first-order chi connectivity index (χ1) is 9.58. The van der Waals surface area contributed by atoms with Crippen LogP contribution in [0.25, 0.3) is 0 Å². The third-order valence-electron chi connectivity index (χ3n) is 3.51. The molecule has 1 aliphatic carbocycles. The Labute approximate surface area is 126 Å². The molecule has 0 aromatic carbocycles. The highest BCUT2D eigenvalue weighted by atomic mass is 32.2. The van der Waals surface area contributed by atoms with E-state index in [2.05, 4.69) is 21.5 Å². The molecule has 0 spiro atoms. The van der Waals surface area contributed by atoms with Gasteiger partial charge < -0.3 is 10.1 Å². The second-order valence-electron chi connectivity index (χ2n) is 5.65. The van der Waals surface area contributed by atoms with Gasteiger partial charge in [-0.2, -0.15) is 16.7 Å². The molecule has 4 nitrogen and oxygen atoms in total. The Hall–Kier alpha value is -0.970. The number of nitrogens with one attached hydrogen (secondary N) is 1. The van der Waals surface area contributed by atoms with Crippen LogP contribution in [0.4, 0.5) is 5.95 Å². The molecule has 112 valence electrons. The van der Waals surface area contributed by atoms with E-state index >= 15 is 0 Å². The van der Waals surface area contributed by atoms with E-state index in [1.54, 1.807) is 0 Å². The molecular formula is C15H25N3OS. The number of rotatable bonds is 5. The third kappa shape index (κ3) is 4.27. The molecule has 1 N–H and O–H groups in total. The van der Waals surface area contributed by atoms with Crippen LogP contribution in [-0.2, 0) is 0 Å². The summed E-state index contributed by atoms with van der Waals surface area (Å²) in [6.07, 6.45) is 7.42. The van der Waals surface area contributed by atoms with E-state index in [0.717, 1.165) is 5.69 Å². The second kappa shape index (κ2) is 7.16. The fourth-order valence-electron chi connectivity index (χ4n) is 2.62. The molecule has 0 bridgehead atoms. The highest BCUT2D eigenvalue weighted by Gasteiger charge is 2.25. The average molecular weight is 295 g/mol. The fourth-order valence-corrected chi connectivity index (χ4v) is 3.55. The highest BCUT2D eigenvalue weighted by Crippen LogP contribution is 2.29. The van der Waals surface area contributed by atoms with Gasteiger partial charge in [-0.05, 0) is 39.9 Å².